The third-order valence-electron chi connectivity index (χ3n) is 2.99. The maximum absolute atomic E-state index is 5.69. The summed E-state index contributed by atoms with van der Waals surface area (Å²) in [5.74, 6) is 0. The highest BCUT2D eigenvalue weighted by Gasteiger charge is 2.05. The van der Waals surface area contributed by atoms with Gasteiger partial charge in [-0.3, -0.25) is 4.90 Å². The van der Waals surface area contributed by atoms with E-state index in [4.69, 9.17) is 5.73 Å². The Labute approximate surface area is 113 Å². The molecule has 3 heteroatoms. The normalized spacial score (nSPS) is 11.0. The molecule has 96 valence electrons. The van der Waals surface area contributed by atoms with Gasteiger partial charge in [0.2, 0.25) is 0 Å². The highest BCUT2D eigenvalue weighted by molar-refractivity contribution is 7.07. The second-order valence-electron chi connectivity index (χ2n) is 4.43. The van der Waals surface area contributed by atoms with E-state index >= 15 is 0 Å². The fourth-order valence-electron chi connectivity index (χ4n) is 2.02. The monoisotopic (exact) mass is 260 g/mol. The lowest BCUT2D eigenvalue weighted by atomic mass is 10.2. The first kappa shape index (κ1) is 13.3. The molecule has 0 aliphatic heterocycles. The minimum Gasteiger partial charge on any atom is -0.329 e. The summed E-state index contributed by atoms with van der Waals surface area (Å²) in [6.45, 7) is 3.74. The summed E-state index contributed by atoms with van der Waals surface area (Å²) in [6.07, 6.45) is 1.11. The first-order valence-electron chi connectivity index (χ1n) is 6.36. The van der Waals surface area contributed by atoms with Crippen LogP contribution in [0.2, 0.25) is 0 Å². The molecule has 0 spiro atoms. The Morgan fingerprint density at radius 1 is 1.00 bits per heavy atom. The van der Waals surface area contributed by atoms with Gasteiger partial charge in [-0.25, -0.2) is 0 Å². The first-order valence-corrected chi connectivity index (χ1v) is 7.30. The minimum absolute atomic E-state index is 0.719. The van der Waals surface area contributed by atoms with Crippen LogP contribution in [0.5, 0.6) is 0 Å². The zero-order valence-electron chi connectivity index (χ0n) is 10.6. The molecule has 0 atom stereocenters. The molecule has 1 aromatic carbocycles. The van der Waals surface area contributed by atoms with Gasteiger partial charge in [0.25, 0.3) is 0 Å². The lowest BCUT2D eigenvalue weighted by Crippen LogP contribution is -2.30. The number of nitrogens with two attached hydrogens (primary N) is 1. The van der Waals surface area contributed by atoms with Crippen LogP contribution in [0.4, 0.5) is 0 Å². The fraction of sp³-hybridized carbons (Fsp3) is 0.333. The van der Waals surface area contributed by atoms with Crippen molar-refractivity contribution in [2.45, 2.75) is 13.0 Å². The largest absolute Gasteiger partial charge is 0.329 e. The van der Waals surface area contributed by atoms with Crippen molar-refractivity contribution in [1.29, 1.82) is 0 Å². The van der Waals surface area contributed by atoms with Crippen molar-refractivity contribution < 1.29 is 0 Å². The van der Waals surface area contributed by atoms with Gasteiger partial charge in [0.05, 0.1) is 0 Å². The van der Waals surface area contributed by atoms with Crippen molar-refractivity contribution in [3.63, 3.8) is 0 Å². The molecule has 0 saturated heterocycles. The smallest absolute Gasteiger partial charge is 0.0234 e. The number of hydrogen-bond donors (Lipinski definition) is 1. The molecule has 1 aromatic heterocycles. The number of rotatable bonds is 7. The van der Waals surface area contributed by atoms with Gasteiger partial charge in [-0.05, 0) is 34.4 Å². The van der Waals surface area contributed by atoms with Gasteiger partial charge in [0, 0.05) is 26.2 Å². The molecular formula is C15H20N2S. The second kappa shape index (κ2) is 7.31. The standard InChI is InChI=1S/C15H20N2S/c16-8-10-17(9-6-15-7-11-18-13-15)12-14-4-2-1-3-5-14/h1-5,7,11,13H,6,8-10,12,16H2. The maximum atomic E-state index is 5.69. The summed E-state index contributed by atoms with van der Waals surface area (Å²) in [7, 11) is 0. The van der Waals surface area contributed by atoms with Gasteiger partial charge in [0.1, 0.15) is 0 Å². The van der Waals surface area contributed by atoms with E-state index in [9.17, 15) is 0 Å². The van der Waals surface area contributed by atoms with Crippen LogP contribution in [0.1, 0.15) is 11.1 Å². The molecule has 0 fully saturated rings. The van der Waals surface area contributed by atoms with Crippen LogP contribution in [0, 0.1) is 0 Å². The molecule has 0 saturated carbocycles. The van der Waals surface area contributed by atoms with Crippen molar-refractivity contribution in [3.8, 4) is 0 Å². The summed E-state index contributed by atoms with van der Waals surface area (Å²) in [6, 6.07) is 12.8. The molecule has 2 nitrogen and oxygen atoms in total. The van der Waals surface area contributed by atoms with Crippen LogP contribution >= 0.6 is 11.3 Å². The summed E-state index contributed by atoms with van der Waals surface area (Å²) < 4.78 is 0. The van der Waals surface area contributed by atoms with E-state index in [1.807, 2.05) is 0 Å². The predicted molar refractivity (Wildman–Crippen MR) is 78.8 cm³/mol. The average Bonchev–Trinajstić information content (AvgIpc) is 2.91. The number of benzene rings is 1. The number of thiophene rings is 1. The maximum Gasteiger partial charge on any atom is 0.0234 e. The highest BCUT2D eigenvalue weighted by Crippen LogP contribution is 2.09. The molecule has 0 unspecified atom stereocenters. The van der Waals surface area contributed by atoms with E-state index < -0.39 is 0 Å². The van der Waals surface area contributed by atoms with Crippen LogP contribution in [0.15, 0.2) is 47.2 Å². The molecule has 0 aliphatic rings. The molecule has 18 heavy (non-hydrogen) atoms. The van der Waals surface area contributed by atoms with Crippen LogP contribution in [0.25, 0.3) is 0 Å². The van der Waals surface area contributed by atoms with Crippen LogP contribution in [-0.2, 0) is 13.0 Å². The third kappa shape index (κ3) is 4.26. The fourth-order valence-corrected chi connectivity index (χ4v) is 2.72. The van der Waals surface area contributed by atoms with Gasteiger partial charge in [0.15, 0.2) is 0 Å². The second-order valence-corrected chi connectivity index (χ2v) is 5.21. The quantitative estimate of drug-likeness (QED) is 0.829. The van der Waals surface area contributed by atoms with Gasteiger partial charge in [-0.15, -0.1) is 0 Å². The summed E-state index contributed by atoms with van der Waals surface area (Å²) in [5.41, 5.74) is 8.48. The lowest BCUT2D eigenvalue weighted by Gasteiger charge is -2.21. The molecule has 0 radical (unpaired) electrons. The summed E-state index contributed by atoms with van der Waals surface area (Å²) in [5, 5.41) is 4.36. The van der Waals surface area contributed by atoms with Crippen molar-refractivity contribution in [3.05, 3.63) is 58.3 Å². The lowest BCUT2D eigenvalue weighted by molar-refractivity contribution is 0.276. The van der Waals surface area contributed by atoms with E-state index in [1.54, 1.807) is 11.3 Å². The van der Waals surface area contributed by atoms with Crippen molar-refractivity contribution in [2.75, 3.05) is 19.6 Å². The zero-order chi connectivity index (χ0) is 12.6. The van der Waals surface area contributed by atoms with Crippen LogP contribution < -0.4 is 5.73 Å². The van der Waals surface area contributed by atoms with Crippen molar-refractivity contribution >= 4 is 11.3 Å². The van der Waals surface area contributed by atoms with E-state index in [1.165, 1.54) is 11.1 Å². The van der Waals surface area contributed by atoms with E-state index in [-0.39, 0.29) is 0 Å². The summed E-state index contributed by atoms with van der Waals surface area (Å²) in [4.78, 5) is 2.42. The zero-order valence-corrected chi connectivity index (χ0v) is 11.4. The van der Waals surface area contributed by atoms with Gasteiger partial charge >= 0.3 is 0 Å². The van der Waals surface area contributed by atoms with Crippen LogP contribution in [-0.4, -0.2) is 24.5 Å². The summed E-state index contributed by atoms with van der Waals surface area (Å²) >= 11 is 1.77. The van der Waals surface area contributed by atoms with Gasteiger partial charge in [-0.1, -0.05) is 30.3 Å². The van der Waals surface area contributed by atoms with Crippen molar-refractivity contribution in [1.82, 2.24) is 4.90 Å². The molecule has 2 rings (SSSR count). The molecule has 2 N–H and O–H groups in total. The Balaban J connectivity index is 1.87. The number of nitrogens with zero attached hydrogens (tertiary/aromatic N) is 1. The predicted octanol–water partition coefficient (Wildman–Crippen LogP) is 2.75. The Bertz CT molecular complexity index is 425. The Morgan fingerprint density at radius 2 is 1.83 bits per heavy atom. The third-order valence-corrected chi connectivity index (χ3v) is 3.72. The topological polar surface area (TPSA) is 29.3 Å². The average molecular weight is 260 g/mol. The van der Waals surface area contributed by atoms with Gasteiger partial charge in [-0.2, -0.15) is 11.3 Å². The Hall–Kier alpha value is -1.16. The van der Waals surface area contributed by atoms with E-state index in [0.717, 1.165) is 32.6 Å². The van der Waals surface area contributed by atoms with E-state index in [2.05, 4.69) is 52.1 Å². The molecular weight excluding hydrogens is 240 g/mol. The Kier molecular flexibility index (Phi) is 5.39. The van der Waals surface area contributed by atoms with Crippen LogP contribution in [0.3, 0.4) is 0 Å². The SMILES string of the molecule is NCCN(CCc1ccsc1)Cc1ccccc1. The van der Waals surface area contributed by atoms with E-state index in [0.29, 0.717) is 0 Å². The minimum atomic E-state index is 0.719. The first-order chi connectivity index (χ1) is 8.88. The molecule has 2 aromatic rings. The van der Waals surface area contributed by atoms with Gasteiger partial charge < -0.3 is 5.73 Å². The molecule has 1 heterocycles. The Morgan fingerprint density at radius 3 is 2.50 bits per heavy atom. The molecule has 0 amide bonds. The molecule has 0 bridgehead atoms. The molecule has 0 aliphatic carbocycles. The number of hydrogen-bond acceptors (Lipinski definition) is 3. The van der Waals surface area contributed by atoms with Crippen molar-refractivity contribution in [2.24, 2.45) is 5.73 Å². The highest BCUT2D eigenvalue weighted by atomic mass is 32.1.